The minimum absolute atomic E-state index is 0.0394. The summed E-state index contributed by atoms with van der Waals surface area (Å²) in [4.78, 5) is 22.9. The minimum Gasteiger partial charge on any atom is -0.438 e. The first-order valence-corrected chi connectivity index (χ1v) is 8.74. The van der Waals surface area contributed by atoms with Gasteiger partial charge in [0.25, 0.3) is 5.91 Å². The number of aromatic nitrogens is 2. The van der Waals surface area contributed by atoms with Crippen molar-refractivity contribution in [2.24, 2.45) is 5.92 Å². The van der Waals surface area contributed by atoms with Crippen molar-refractivity contribution in [3.05, 3.63) is 59.9 Å². The van der Waals surface area contributed by atoms with Gasteiger partial charge in [-0.3, -0.25) is 9.78 Å². The van der Waals surface area contributed by atoms with E-state index in [4.69, 9.17) is 4.42 Å². The van der Waals surface area contributed by atoms with Crippen LogP contribution >= 0.6 is 0 Å². The van der Waals surface area contributed by atoms with E-state index < -0.39 is 0 Å². The first kappa shape index (κ1) is 15.8. The molecule has 1 aliphatic heterocycles. The van der Waals surface area contributed by atoms with E-state index >= 15 is 0 Å². The SMILES string of the molecule is Cc1ncoc1C(=O)N1CCC[C@H](Cc2ccc3ncccc3c2)C1. The summed E-state index contributed by atoms with van der Waals surface area (Å²) in [6, 6.07) is 10.5. The summed E-state index contributed by atoms with van der Waals surface area (Å²) in [5.41, 5.74) is 2.98. The largest absolute Gasteiger partial charge is 0.438 e. The Labute approximate surface area is 146 Å². The number of oxazole rings is 1. The van der Waals surface area contributed by atoms with Crippen LogP contribution in [0.15, 0.2) is 47.3 Å². The Morgan fingerprint density at radius 2 is 2.24 bits per heavy atom. The van der Waals surface area contributed by atoms with E-state index in [1.54, 1.807) is 6.92 Å². The van der Waals surface area contributed by atoms with Gasteiger partial charge in [-0.1, -0.05) is 12.1 Å². The van der Waals surface area contributed by atoms with E-state index in [9.17, 15) is 4.79 Å². The van der Waals surface area contributed by atoms with Crippen LogP contribution in [0.4, 0.5) is 0 Å². The smallest absolute Gasteiger partial charge is 0.291 e. The molecule has 5 nitrogen and oxygen atoms in total. The number of aryl methyl sites for hydroxylation is 1. The zero-order chi connectivity index (χ0) is 17.2. The highest BCUT2D eigenvalue weighted by Crippen LogP contribution is 2.24. The predicted molar refractivity (Wildman–Crippen MR) is 95.3 cm³/mol. The Morgan fingerprint density at radius 1 is 1.32 bits per heavy atom. The lowest BCUT2D eigenvalue weighted by atomic mass is 9.90. The molecule has 1 atom stereocenters. The van der Waals surface area contributed by atoms with Crippen LogP contribution in [0.3, 0.4) is 0 Å². The van der Waals surface area contributed by atoms with Gasteiger partial charge in [-0.2, -0.15) is 0 Å². The molecule has 5 heteroatoms. The van der Waals surface area contributed by atoms with Crippen LogP contribution in [-0.2, 0) is 6.42 Å². The van der Waals surface area contributed by atoms with Gasteiger partial charge in [0.1, 0.15) is 0 Å². The van der Waals surface area contributed by atoms with Gasteiger partial charge in [0.15, 0.2) is 6.39 Å². The second kappa shape index (κ2) is 6.67. The number of pyridine rings is 1. The van der Waals surface area contributed by atoms with E-state index in [0.29, 0.717) is 17.4 Å². The summed E-state index contributed by atoms with van der Waals surface area (Å²) in [6.07, 6.45) is 6.30. The molecule has 25 heavy (non-hydrogen) atoms. The molecule has 3 heterocycles. The fourth-order valence-corrected chi connectivity index (χ4v) is 3.65. The molecule has 0 aliphatic carbocycles. The van der Waals surface area contributed by atoms with Gasteiger partial charge in [0, 0.05) is 24.7 Å². The number of carbonyl (C=O) groups excluding carboxylic acids is 1. The standard InChI is InChI=1S/C20H21N3O2/c1-14-19(25-13-22-14)20(24)23-9-3-4-16(12-23)10-15-6-7-18-17(11-15)5-2-8-21-18/h2,5-8,11,13,16H,3-4,9-10,12H2,1H3/t16-/m1/s1. The molecule has 0 spiro atoms. The highest BCUT2D eigenvalue weighted by Gasteiger charge is 2.27. The Kier molecular flexibility index (Phi) is 4.22. The molecule has 1 aromatic carbocycles. The summed E-state index contributed by atoms with van der Waals surface area (Å²) in [6.45, 7) is 3.36. The number of amides is 1. The minimum atomic E-state index is -0.0394. The maximum Gasteiger partial charge on any atom is 0.291 e. The van der Waals surface area contributed by atoms with E-state index in [-0.39, 0.29) is 5.91 Å². The molecule has 128 valence electrons. The summed E-state index contributed by atoms with van der Waals surface area (Å²) in [5.74, 6) is 0.801. The number of hydrogen-bond donors (Lipinski definition) is 0. The summed E-state index contributed by atoms with van der Waals surface area (Å²) < 4.78 is 5.27. The molecule has 0 saturated carbocycles. The Hall–Kier alpha value is -2.69. The number of likely N-dealkylation sites (tertiary alicyclic amines) is 1. The topological polar surface area (TPSA) is 59.2 Å². The van der Waals surface area contributed by atoms with Crippen LogP contribution in [-0.4, -0.2) is 33.9 Å². The van der Waals surface area contributed by atoms with Crippen molar-refractivity contribution >= 4 is 16.8 Å². The molecule has 1 saturated heterocycles. The van der Waals surface area contributed by atoms with E-state index in [0.717, 1.165) is 37.9 Å². The molecule has 0 N–H and O–H groups in total. The van der Waals surface area contributed by atoms with Crippen molar-refractivity contribution in [3.63, 3.8) is 0 Å². The lowest BCUT2D eigenvalue weighted by molar-refractivity contribution is 0.0640. The molecule has 1 aliphatic rings. The van der Waals surface area contributed by atoms with Crippen LogP contribution < -0.4 is 0 Å². The van der Waals surface area contributed by atoms with Gasteiger partial charge in [-0.25, -0.2) is 4.98 Å². The van der Waals surface area contributed by atoms with Crippen molar-refractivity contribution in [3.8, 4) is 0 Å². The highest BCUT2D eigenvalue weighted by molar-refractivity contribution is 5.92. The van der Waals surface area contributed by atoms with Crippen molar-refractivity contribution in [2.75, 3.05) is 13.1 Å². The fraction of sp³-hybridized carbons (Fsp3) is 0.350. The Balaban J connectivity index is 1.47. The maximum absolute atomic E-state index is 12.6. The van der Waals surface area contributed by atoms with Crippen molar-refractivity contribution in [1.29, 1.82) is 0 Å². The second-order valence-corrected chi connectivity index (χ2v) is 6.76. The first-order chi connectivity index (χ1) is 12.2. The fourth-order valence-electron chi connectivity index (χ4n) is 3.65. The van der Waals surface area contributed by atoms with Crippen molar-refractivity contribution in [2.45, 2.75) is 26.2 Å². The number of hydrogen-bond acceptors (Lipinski definition) is 4. The van der Waals surface area contributed by atoms with Gasteiger partial charge >= 0.3 is 0 Å². The summed E-state index contributed by atoms with van der Waals surface area (Å²) in [5, 5.41) is 1.17. The third-order valence-electron chi connectivity index (χ3n) is 4.94. The molecule has 0 radical (unpaired) electrons. The summed E-state index contributed by atoms with van der Waals surface area (Å²) in [7, 11) is 0. The number of rotatable bonds is 3. The van der Waals surface area contributed by atoms with E-state index in [1.807, 2.05) is 17.2 Å². The average molecular weight is 335 g/mol. The summed E-state index contributed by atoms with van der Waals surface area (Å²) >= 11 is 0. The lowest BCUT2D eigenvalue weighted by Gasteiger charge is -2.32. The normalized spacial score (nSPS) is 17.8. The van der Waals surface area contributed by atoms with Crippen LogP contribution in [0.25, 0.3) is 10.9 Å². The number of fused-ring (bicyclic) bond motifs is 1. The van der Waals surface area contributed by atoms with Crippen LogP contribution in [0.1, 0.15) is 34.7 Å². The molecule has 4 rings (SSSR count). The zero-order valence-electron chi connectivity index (χ0n) is 14.3. The van der Waals surface area contributed by atoms with Gasteiger partial charge < -0.3 is 9.32 Å². The van der Waals surface area contributed by atoms with E-state index in [1.165, 1.54) is 17.3 Å². The zero-order valence-corrected chi connectivity index (χ0v) is 14.3. The van der Waals surface area contributed by atoms with E-state index in [2.05, 4.69) is 34.2 Å². The van der Waals surface area contributed by atoms with Crippen LogP contribution in [0.5, 0.6) is 0 Å². The molecule has 0 unspecified atom stereocenters. The van der Waals surface area contributed by atoms with Crippen LogP contribution in [0.2, 0.25) is 0 Å². The van der Waals surface area contributed by atoms with Crippen molar-refractivity contribution in [1.82, 2.24) is 14.9 Å². The average Bonchev–Trinajstić information content (AvgIpc) is 3.07. The molecule has 0 bridgehead atoms. The molecular weight excluding hydrogens is 314 g/mol. The number of nitrogens with zero attached hydrogens (tertiary/aromatic N) is 3. The van der Waals surface area contributed by atoms with Gasteiger partial charge in [0.2, 0.25) is 5.76 Å². The third kappa shape index (κ3) is 3.27. The molecule has 3 aromatic rings. The molecule has 2 aromatic heterocycles. The monoisotopic (exact) mass is 335 g/mol. The van der Waals surface area contributed by atoms with Crippen LogP contribution in [0, 0.1) is 12.8 Å². The maximum atomic E-state index is 12.6. The quantitative estimate of drug-likeness (QED) is 0.733. The van der Waals surface area contributed by atoms with Gasteiger partial charge in [-0.05, 0) is 55.9 Å². The Bertz CT molecular complexity index is 903. The molecule has 1 amide bonds. The second-order valence-electron chi connectivity index (χ2n) is 6.76. The highest BCUT2D eigenvalue weighted by atomic mass is 16.3. The lowest BCUT2D eigenvalue weighted by Crippen LogP contribution is -2.40. The molecule has 1 fully saturated rings. The van der Waals surface area contributed by atoms with Gasteiger partial charge in [0.05, 0.1) is 11.2 Å². The number of benzene rings is 1. The Morgan fingerprint density at radius 3 is 3.08 bits per heavy atom. The predicted octanol–water partition coefficient (Wildman–Crippen LogP) is 3.63. The van der Waals surface area contributed by atoms with Gasteiger partial charge in [-0.15, -0.1) is 0 Å². The molecular formula is C20H21N3O2. The van der Waals surface area contributed by atoms with Crippen molar-refractivity contribution < 1.29 is 9.21 Å². The third-order valence-corrected chi connectivity index (χ3v) is 4.94. The number of carbonyl (C=O) groups is 1. The number of piperidine rings is 1. The first-order valence-electron chi connectivity index (χ1n) is 8.74.